The Hall–Kier alpha value is -4.27. The van der Waals surface area contributed by atoms with Crippen molar-refractivity contribution in [3.63, 3.8) is 0 Å². The first-order valence-corrected chi connectivity index (χ1v) is 14.2. The monoisotopic (exact) mass is 565 g/mol. The van der Waals surface area contributed by atoms with Gasteiger partial charge in [0.1, 0.15) is 5.65 Å². The van der Waals surface area contributed by atoms with E-state index in [0.717, 1.165) is 54.1 Å². The van der Waals surface area contributed by atoms with Crippen LogP contribution < -0.4 is 15.8 Å². The number of aryl methyl sites for hydroxylation is 2. The summed E-state index contributed by atoms with van der Waals surface area (Å²) in [7, 11) is 2.16. The molecule has 1 fully saturated rings. The Morgan fingerprint density at radius 1 is 0.927 bits per heavy atom. The molecule has 0 amide bonds. The zero-order valence-electron chi connectivity index (χ0n) is 23.4. The summed E-state index contributed by atoms with van der Waals surface area (Å²) in [5.74, 6) is 0.438. The number of hydrogen-bond acceptors (Lipinski definition) is 7. The molecule has 41 heavy (non-hydrogen) atoms. The Kier molecular flexibility index (Phi) is 7.43. The van der Waals surface area contributed by atoms with Crippen LogP contribution in [0.15, 0.2) is 77.9 Å². The van der Waals surface area contributed by atoms with Crippen LogP contribution in [0.5, 0.6) is 0 Å². The minimum absolute atomic E-state index is 0.145. The number of aromatic nitrogens is 4. The molecule has 1 N–H and O–H groups in total. The Bertz CT molecular complexity index is 1780. The van der Waals surface area contributed by atoms with Crippen molar-refractivity contribution in [1.29, 1.82) is 0 Å². The van der Waals surface area contributed by atoms with Crippen molar-refractivity contribution in [2.24, 2.45) is 0 Å². The summed E-state index contributed by atoms with van der Waals surface area (Å²) in [4.78, 5) is 32.1. The third-order valence-corrected chi connectivity index (χ3v) is 8.02. The molecule has 3 aromatic heterocycles. The fourth-order valence-electron chi connectivity index (χ4n) is 5.35. The highest BCUT2D eigenvalue weighted by molar-refractivity contribution is 6.33. The molecule has 5 aromatic rings. The third-order valence-electron chi connectivity index (χ3n) is 7.71. The van der Waals surface area contributed by atoms with Crippen LogP contribution in [0.3, 0.4) is 0 Å². The maximum absolute atomic E-state index is 13.7. The number of pyridine rings is 2. The minimum atomic E-state index is -0.145. The van der Waals surface area contributed by atoms with Crippen LogP contribution >= 0.6 is 11.6 Å². The Morgan fingerprint density at radius 3 is 2.41 bits per heavy atom. The molecule has 0 radical (unpaired) electrons. The SMILES string of the molecule is CCn1c(=O)c(-c2ccc(-c3cccnc3C)cc2Cl)cc2cnc(Nc3ccc(N4CCN(C)CC4)cc3)nc21. The summed E-state index contributed by atoms with van der Waals surface area (Å²) in [6, 6.07) is 19.8. The van der Waals surface area contributed by atoms with Gasteiger partial charge in [0, 0.05) is 89.3 Å². The topological polar surface area (TPSA) is 79.2 Å². The molecule has 0 saturated carbocycles. The van der Waals surface area contributed by atoms with Crippen molar-refractivity contribution in [1.82, 2.24) is 24.4 Å². The molecule has 0 aliphatic carbocycles. The average Bonchev–Trinajstić information content (AvgIpc) is 2.98. The number of fused-ring (bicyclic) bond motifs is 1. The van der Waals surface area contributed by atoms with Gasteiger partial charge in [-0.1, -0.05) is 29.8 Å². The van der Waals surface area contributed by atoms with Gasteiger partial charge in [0.2, 0.25) is 5.95 Å². The van der Waals surface area contributed by atoms with Crippen molar-refractivity contribution in [3.05, 3.63) is 94.1 Å². The Morgan fingerprint density at radius 2 is 1.71 bits per heavy atom. The van der Waals surface area contributed by atoms with Crippen LogP contribution in [0.25, 0.3) is 33.3 Å². The van der Waals surface area contributed by atoms with Crippen LogP contribution in [0.1, 0.15) is 12.6 Å². The number of nitrogens with zero attached hydrogens (tertiary/aromatic N) is 6. The van der Waals surface area contributed by atoms with E-state index in [9.17, 15) is 4.79 Å². The first-order chi connectivity index (χ1) is 19.9. The standard InChI is InChI=1S/C32H32ClN7O/c1-4-40-30-23(18-28(31(40)41)27-12-7-22(19-29(27)33)26-6-5-13-34-21(26)2)20-35-32(37-30)36-24-8-10-25(11-9-24)39-16-14-38(3)15-17-39/h5-13,18-20H,4,14-17H2,1-3H3,(H,35,36,37). The Balaban J connectivity index is 1.29. The number of piperazine rings is 1. The van der Waals surface area contributed by atoms with Gasteiger partial charge in [0.25, 0.3) is 5.56 Å². The quantitative estimate of drug-likeness (QED) is 0.270. The summed E-state index contributed by atoms with van der Waals surface area (Å²) >= 11 is 6.75. The molecule has 1 saturated heterocycles. The lowest BCUT2D eigenvalue weighted by molar-refractivity contribution is 0.313. The maximum atomic E-state index is 13.7. The normalized spacial score (nSPS) is 14.0. The van der Waals surface area contributed by atoms with E-state index in [1.165, 1.54) is 5.69 Å². The van der Waals surface area contributed by atoms with Gasteiger partial charge in [-0.05, 0) is 68.9 Å². The lowest BCUT2D eigenvalue weighted by atomic mass is 9.99. The summed E-state index contributed by atoms with van der Waals surface area (Å²) in [5, 5.41) is 4.56. The number of benzene rings is 2. The van der Waals surface area contributed by atoms with E-state index >= 15 is 0 Å². The molecule has 0 bridgehead atoms. The van der Waals surface area contributed by atoms with Crippen LogP contribution in [-0.2, 0) is 6.54 Å². The van der Waals surface area contributed by atoms with Crippen molar-refractivity contribution >= 4 is 40.0 Å². The summed E-state index contributed by atoms with van der Waals surface area (Å²) in [6.45, 7) is 8.53. The van der Waals surface area contributed by atoms with E-state index in [1.807, 2.05) is 62.4 Å². The lowest BCUT2D eigenvalue weighted by Gasteiger charge is -2.34. The van der Waals surface area contributed by atoms with Crippen LogP contribution in [-0.4, -0.2) is 57.6 Å². The number of rotatable bonds is 6. The van der Waals surface area contributed by atoms with Crippen LogP contribution in [0.4, 0.5) is 17.3 Å². The summed E-state index contributed by atoms with van der Waals surface area (Å²) < 4.78 is 1.67. The fraction of sp³-hybridized carbons (Fsp3) is 0.250. The summed E-state index contributed by atoms with van der Waals surface area (Å²) in [6.07, 6.45) is 3.52. The highest BCUT2D eigenvalue weighted by Crippen LogP contribution is 2.33. The van der Waals surface area contributed by atoms with Crippen molar-refractivity contribution in [2.75, 3.05) is 43.4 Å². The smallest absolute Gasteiger partial charge is 0.260 e. The molecule has 1 aliphatic rings. The van der Waals surface area contributed by atoms with E-state index in [4.69, 9.17) is 16.6 Å². The molecule has 0 spiro atoms. The molecule has 0 unspecified atom stereocenters. The molecular weight excluding hydrogens is 534 g/mol. The molecule has 1 aliphatic heterocycles. The molecule has 0 atom stereocenters. The highest BCUT2D eigenvalue weighted by atomic mass is 35.5. The Labute approximate surface area is 244 Å². The van der Waals surface area contributed by atoms with Crippen LogP contribution in [0, 0.1) is 6.92 Å². The molecule has 208 valence electrons. The third kappa shape index (κ3) is 5.40. The number of nitrogens with one attached hydrogen (secondary N) is 1. The van der Waals surface area contributed by atoms with Crippen LogP contribution in [0.2, 0.25) is 5.02 Å². The van der Waals surface area contributed by atoms with Gasteiger partial charge in [0.15, 0.2) is 0 Å². The van der Waals surface area contributed by atoms with Gasteiger partial charge in [-0.15, -0.1) is 0 Å². The number of likely N-dealkylation sites (N-methyl/N-ethyl adjacent to an activating group) is 1. The molecule has 6 rings (SSSR count). The summed E-state index contributed by atoms with van der Waals surface area (Å²) in [5.41, 5.74) is 6.60. The second-order valence-electron chi connectivity index (χ2n) is 10.4. The van der Waals surface area contributed by atoms with Gasteiger partial charge in [-0.3, -0.25) is 14.3 Å². The first-order valence-electron chi connectivity index (χ1n) is 13.8. The number of hydrogen-bond donors (Lipinski definition) is 1. The average molecular weight is 566 g/mol. The van der Waals surface area contributed by atoms with Crippen molar-refractivity contribution < 1.29 is 0 Å². The van der Waals surface area contributed by atoms with E-state index in [0.29, 0.717) is 34.3 Å². The van der Waals surface area contributed by atoms with Gasteiger partial charge < -0.3 is 15.1 Å². The minimum Gasteiger partial charge on any atom is -0.369 e. The van der Waals surface area contributed by atoms with E-state index in [2.05, 4.69) is 44.3 Å². The first kappa shape index (κ1) is 26.9. The zero-order chi connectivity index (χ0) is 28.5. The van der Waals surface area contributed by atoms with Gasteiger partial charge in [-0.2, -0.15) is 4.98 Å². The second-order valence-corrected chi connectivity index (χ2v) is 10.8. The number of halogens is 1. The van der Waals surface area contributed by atoms with Gasteiger partial charge >= 0.3 is 0 Å². The molecule has 4 heterocycles. The highest BCUT2D eigenvalue weighted by Gasteiger charge is 2.17. The second kappa shape index (κ2) is 11.3. The van der Waals surface area contributed by atoms with E-state index < -0.39 is 0 Å². The molecule has 9 heteroatoms. The van der Waals surface area contributed by atoms with E-state index in [1.54, 1.807) is 17.0 Å². The molecular formula is C32H32ClN7O. The largest absolute Gasteiger partial charge is 0.369 e. The molecule has 8 nitrogen and oxygen atoms in total. The zero-order valence-corrected chi connectivity index (χ0v) is 24.2. The maximum Gasteiger partial charge on any atom is 0.260 e. The number of anilines is 3. The van der Waals surface area contributed by atoms with Gasteiger partial charge in [-0.25, -0.2) is 4.98 Å². The van der Waals surface area contributed by atoms with E-state index in [-0.39, 0.29) is 5.56 Å². The predicted octanol–water partition coefficient (Wildman–Crippen LogP) is 6.00. The van der Waals surface area contributed by atoms with Crippen molar-refractivity contribution in [2.45, 2.75) is 20.4 Å². The van der Waals surface area contributed by atoms with Gasteiger partial charge in [0.05, 0.1) is 0 Å². The van der Waals surface area contributed by atoms with Crippen molar-refractivity contribution in [3.8, 4) is 22.3 Å². The lowest BCUT2D eigenvalue weighted by Crippen LogP contribution is -2.44. The molecule has 2 aromatic carbocycles. The predicted molar refractivity (Wildman–Crippen MR) is 167 cm³/mol. The fourth-order valence-corrected chi connectivity index (χ4v) is 5.63.